The van der Waals surface area contributed by atoms with Gasteiger partial charge in [0.25, 0.3) is 0 Å². The van der Waals surface area contributed by atoms with Crippen molar-refractivity contribution in [3.63, 3.8) is 0 Å². The number of carbonyl (C=O) groups excluding carboxylic acids is 4. The van der Waals surface area contributed by atoms with E-state index in [1.807, 2.05) is 0 Å². The Morgan fingerprint density at radius 1 is 0.319 bits per heavy atom. The predicted molar refractivity (Wildman–Crippen MR) is 368 cm³/mol. The SMILES string of the molecule is CCCCCCCCCCCCCC(=O)O[C@H](COC(=O)CCCCCCC)COP(=O)(O)OC[C@H](O)COP(=O)(O)OC[C@@H](COC(=O)CCCCCCCCCCCCC(C)CC)OC(=O)CCCCCCCCCCCCCCCCCCCCC(C)C. The summed E-state index contributed by atoms with van der Waals surface area (Å²) < 4.78 is 68.1. The molecular formula is C72H140O17P2. The van der Waals surface area contributed by atoms with Crippen LogP contribution in [0.5, 0.6) is 0 Å². The average Bonchev–Trinajstić information content (AvgIpc) is 3.22. The van der Waals surface area contributed by atoms with Gasteiger partial charge < -0.3 is 33.8 Å². The minimum absolute atomic E-state index is 0.106. The average molecular weight is 1340 g/mol. The zero-order chi connectivity index (χ0) is 67.2. The molecule has 0 aliphatic carbocycles. The lowest BCUT2D eigenvalue weighted by molar-refractivity contribution is -0.161. The second-order valence-corrected chi connectivity index (χ2v) is 29.6. The molecule has 0 bridgehead atoms. The zero-order valence-corrected chi connectivity index (χ0v) is 60.9. The lowest BCUT2D eigenvalue weighted by Crippen LogP contribution is -2.30. The summed E-state index contributed by atoms with van der Waals surface area (Å²) in [7, 11) is -9.89. The van der Waals surface area contributed by atoms with Crippen LogP contribution in [-0.4, -0.2) is 96.7 Å². The molecule has 0 radical (unpaired) electrons. The number of aliphatic hydroxyl groups excluding tert-OH is 1. The number of hydrogen-bond acceptors (Lipinski definition) is 15. The highest BCUT2D eigenvalue weighted by Gasteiger charge is 2.30. The molecule has 0 amide bonds. The molecular weight excluding hydrogens is 1200 g/mol. The van der Waals surface area contributed by atoms with Crippen molar-refractivity contribution in [2.75, 3.05) is 39.6 Å². The van der Waals surface area contributed by atoms with Crippen LogP contribution in [0, 0.1) is 11.8 Å². The van der Waals surface area contributed by atoms with Gasteiger partial charge in [-0.1, -0.05) is 318 Å². The normalized spacial score (nSPS) is 14.4. The van der Waals surface area contributed by atoms with Crippen molar-refractivity contribution < 1.29 is 80.2 Å². The van der Waals surface area contributed by atoms with E-state index >= 15 is 0 Å². The molecule has 19 heteroatoms. The van der Waals surface area contributed by atoms with Crippen LogP contribution in [0.15, 0.2) is 0 Å². The Morgan fingerprint density at radius 2 is 0.560 bits per heavy atom. The van der Waals surface area contributed by atoms with E-state index < -0.39 is 97.5 Å². The van der Waals surface area contributed by atoms with Crippen LogP contribution in [0.2, 0.25) is 0 Å². The molecule has 0 fully saturated rings. The molecule has 0 saturated carbocycles. The summed E-state index contributed by atoms with van der Waals surface area (Å²) in [6.07, 6.45) is 50.3. The van der Waals surface area contributed by atoms with Gasteiger partial charge in [-0.3, -0.25) is 37.3 Å². The molecule has 0 rings (SSSR count). The monoisotopic (exact) mass is 1340 g/mol. The van der Waals surface area contributed by atoms with Crippen LogP contribution in [0.25, 0.3) is 0 Å². The third-order valence-corrected chi connectivity index (χ3v) is 19.0. The van der Waals surface area contributed by atoms with Crippen molar-refractivity contribution in [1.29, 1.82) is 0 Å². The van der Waals surface area contributed by atoms with E-state index in [1.165, 1.54) is 180 Å². The lowest BCUT2D eigenvalue weighted by atomic mass is 9.99. The summed E-state index contributed by atoms with van der Waals surface area (Å²) in [5.74, 6) is -0.503. The fourth-order valence-electron chi connectivity index (χ4n) is 10.9. The molecule has 540 valence electrons. The quantitative estimate of drug-likeness (QED) is 0.0222. The zero-order valence-electron chi connectivity index (χ0n) is 59.1. The summed E-state index contributed by atoms with van der Waals surface area (Å²) in [6.45, 7) is 9.53. The summed E-state index contributed by atoms with van der Waals surface area (Å²) >= 11 is 0. The van der Waals surface area contributed by atoms with Gasteiger partial charge in [0.15, 0.2) is 12.2 Å². The molecule has 3 N–H and O–H groups in total. The molecule has 91 heavy (non-hydrogen) atoms. The first kappa shape index (κ1) is 89.1. The number of ether oxygens (including phenoxy) is 4. The molecule has 17 nitrogen and oxygen atoms in total. The summed E-state index contributed by atoms with van der Waals surface area (Å²) in [4.78, 5) is 72.3. The van der Waals surface area contributed by atoms with Gasteiger partial charge in [0, 0.05) is 25.7 Å². The number of phosphoric ester groups is 2. The second kappa shape index (κ2) is 64.1. The summed E-state index contributed by atoms with van der Waals surface area (Å²) in [5, 5.41) is 10.6. The Labute approximate surface area is 556 Å². The van der Waals surface area contributed by atoms with Crippen LogP contribution >= 0.6 is 15.6 Å². The fourth-order valence-corrected chi connectivity index (χ4v) is 12.5. The van der Waals surface area contributed by atoms with Crippen LogP contribution in [-0.2, 0) is 65.4 Å². The molecule has 3 unspecified atom stereocenters. The first-order valence-corrected chi connectivity index (χ1v) is 40.5. The first-order chi connectivity index (χ1) is 43.9. The van der Waals surface area contributed by atoms with E-state index in [1.54, 1.807) is 0 Å². The Balaban J connectivity index is 5.12. The van der Waals surface area contributed by atoms with E-state index in [9.17, 15) is 43.2 Å². The predicted octanol–water partition coefficient (Wildman–Crippen LogP) is 20.8. The highest BCUT2D eigenvalue weighted by molar-refractivity contribution is 7.47. The number of aliphatic hydroxyl groups is 1. The molecule has 0 aromatic heterocycles. The largest absolute Gasteiger partial charge is 0.472 e. The van der Waals surface area contributed by atoms with Gasteiger partial charge in [-0.25, -0.2) is 9.13 Å². The maximum atomic E-state index is 13.0. The van der Waals surface area contributed by atoms with Gasteiger partial charge in [-0.15, -0.1) is 0 Å². The van der Waals surface area contributed by atoms with Gasteiger partial charge in [-0.2, -0.15) is 0 Å². The van der Waals surface area contributed by atoms with Crippen LogP contribution in [0.1, 0.15) is 369 Å². The van der Waals surface area contributed by atoms with Crippen LogP contribution in [0.3, 0.4) is 0 Å². The van der Waals surface area contributed by atoms with Crippen molar-refractivity contribution in [2.45, 2.75) is 387 Å². The topological polar surface area (TPSA) is 237 Å². The number of hydrogen-bond donors (Lipinski definition) is 3. The van der Waals surface area contributed by atoms with E-state index in [0.717, 1.165) is 108 Å². The molecule has 0 aliphatic heterocycles. The maximum absolute atomic E-state index is 13.0. The van der Waals surface area contributed by atoms with E-state index in [2.05, 4.69) is 41.5 Å². The van der Waals surface area contributed by atoms with Crippen molar-refractivity contribution in [1.82, 2.24) is 0 Å². The van der Waals surface area contributed by atoms with Crippen molar-refractivity contribution in [3.8, 4) is 0 Å². The molecule has 0 spiro atoms. The van der Waals surface area contributed by atoms with E-state index in [0.29, 0.717) is 25.7 Å². The Kier molecular flexibility index (Phi) is 62.7. The van der Waals surface area contributed by atoms with Gasteiger partial charge in [0.05, 0.1) is 26.4 Å². The maximum Gasteiger partial charge on any atom is 0.472 e. The van der Waals surface area contributed by atoms with Crippen molar-refractivity contribution >= 4 is 39.5 Å². The fraction of sp³-hybridized carbons (Fsp3) is 0.944. The third-order valence-electron chi connectivity index (χ3n) is 17.1. The van der Waals surface area contributed by atoms with Gasteiger partial charge in [0.1, 0.15) is 19.3 Å². The highest BCUT2D eigenvalue weighted by Crippen LogP contribution is 2.45. The minimum atomic E-state index is -4.95. The standard InChI is InChI=1S/C72H140O17P2/c1-7-10-12-14-15-16-25-33-38-44-50-56-71(76)88-67(60-82-69(74)54-48-40-13-11-8-2)62-86-90(78,79)84-58-66(73)59-85-91(80,81)87-63-68(61-83-70(75)55-49-43-37-32-29-28-31-36-42-47-53-65(6)9-3)89-72(77)57-51-45-39-34-27-24-22-20-18-17-19-21-23-26-30-35-41-46-52-64(4)5/h64-68,73H,7-63H2,1-6H3,(H,78,79)(H,80,81)/t65?,66-,67+,68+/m0/s1. The Hall–Kier alpha value is -1.94. The lowest BCUT2D eigenvalue weighted by Gasteiger charge is -2.21. The highest BCUT2D eigenvalue weighted by atomic mass is 31.2. The Morgan fingerprint density at radius 3 is 0.835 bits per heavy atom. The smallest absolute Gasteiger partial charge is 0.462 e. The van der Waals surface area contributed by atoms with Crippen molar-refractivity contribution in [3.05, 3.63) is 0 Å². The number of rotatable bonds is 71. The first-order valence-electron chi connectivity index (χ1n) is 37.5. The van der Waals surface area contributed by atoms with E-state index in [4.69, 9.17) is 37.0 Å². The number of carbonyl (C=O) groups is 4. The Bertz CT molecular complexity index is 1770. The number of unbranched alkanes of at least 4 members (excludes halogenated alkanes) is 40. The molecule has 6 atom stereocenters. The second-order valence-electron chi connectivity index (χ2n) is 26.7. The molecule has 0 saturated heterocycles. The van der Waals surface area contributed by atoms with Crippen LogP contribution in [0.4, 0.5) is 0 Å². The number of esters is 4. The van der Waals surface area contributed by atoms with E-state index in [-0.39, 0.29) is 25.7 Å². The van der Waals surface area contributed by atoms with Gasteiger partial charge in [-0.05, 0) is 37.5 Å². The van der Waals surface area contributed by atoms with Gasteiger partial charge in [0.2, 0.25) is 0 Å². The van der Waals surface area contributed by atoms with Crippen molar-refractivity contribution in [2.24, 2.45) is 11.8 Å². The summed E-state index contributed by atoms with van der Waals surface area (Å²) in [6, 6.07) is 0. The van der Waals surface area contributed by atoms with Crippen LogP contribution < -0.4 is 0 Å². The number of phosphoric acid groups is 2. The molecule has 0 aliphatic rings. The molecule has 0 heterocycles. The third kappa shape index (κ3) is 65.1. The molecule has 0 aromatic rings. The molecule has 0 aromatic carbocycles. The van der Waals surface area contributed by atoms with Gasteiger partial charge >= 0.3 is 39.5 Å². The minimum Gasteiger partial charge on any atom is -0.462 e. The summed E-state index contributed by atoms with van der Waals surface area (Å²) in [5.41, 5.74) is 0.